The third kappa shape index (κ3) is 5.48. The van der Waals surface area contributed by atoms with Gasteiger partial charge in [0.2, 0.25) is 0 Å². The normalized spacial score (nSPS) is 16.1. The molecule has 0 aliphatic heterocycles. The second kappa shape index (κ2) is 10.1. The maximum atomic E-state index is 12.7. The molecule has 0 aromatic heterocycles. The van der Waals surface area contributed by atoms with Crippen LogP contribution in [0.1, 0.15) is 52.4 Å². The number of carbonyl (C=O) groups is 2. The van der Waals surface area contributed by atoms with Crippen molar-refractivity contribution < 1.29 is 19.1 Å². The Hall–Kier alpha value is -2.04. The molecule has 5 nitrogen and oxygen atoms in total. The van der Waals surface area contributed by atoms with Crippen LogP contribution in [0, 0.1) is 5.92 Å². The van der Waals surface area contributed by atoms with Gasteiger partial charge in [0.1, 0.15) is 0 Å². The number of nitrogens with zero attached hydrogens (tertiary/aromatic N) is 1. The highest BCUT2D eigenvalue weighted by molar-refractivity contribution is 5.89. The van der Waals surface area contributed by atoms with Crippen LogP contribution in [-0.4, -0.2) is 31.3 Å². The Balaban J connectivity index is 2.32. The molecule has 0 bridgehead atoms. The molecular formula is C20H29NO4. The number of para-hydroxylation sites is 1. The van der Waals surface area contributed by atoms with Crippen LogP contribution in [0.3, 0.4) is 0 Å². The number of benzene rings is 1. The number of amides is 1. The Bertz CT molecular complexity index is 540. The highest BCUT2D eigenvalue weighted by Gasteiger charge is 2.35. The Labute approximate surface area is 150 Å². The van der Waals surface area contributed by atoms with Crippen molar-refractivity contribution in [2.24, 2.45) is 5.92 Å². The number of carbonyl (C=O) groups excluding carboxylic acids is 2. The topological polar surface area (TPSA) is 55.8 Å². The fraction of sp³-hybridized carbons (Fsp3) is 0.600. The number of hydrogen-bond donors (Lipinski definition) is 0. The molecule has 1 atom stereocenters. The first-order valence-electron chi connectivity index (χ1n) is 9.34. The van der Waals surface area contributed by atoms with Gasteiger partial charge in [-0.3, -0.25) is 9.69 Å². The van der Waals surface area contributed by atoms with Crippen molar-refractivity contribution in [3.63, 3.8) is 0 Å². The molecule has 0 saturated heterocycles. The zero-order chi connectivity index (χ0) is 18.1. The number of hydrogen-bond acceptors (Lipinski definition) is 4. The maximum absolute atomic E-state index is 12.7. The van der Waals surface area contributed by atoms with E-state index in [0.717, 1.165) is 31.4 Å². The Kier molecular flexibility index (Phi) is 7.76. The monoisotopic (exact) mass is 347 g/mol. The number of ether oxygens (including phenoxy) is 2. The molecule has 25 heavy (non-hydrogen) atoms. The lowest BCUT2D eigenvalue weighted by molar-refractivity contribution is -0.143. The van der Waals surface area contributed by atoms with Gasteiger partial charge in [-0.05, 0) is 44.7 Å². The van der Waals surface area contributed by atoms with Crippen LogP contribution in [0.25, 0.3) is 0 Å². The summed E-state index contributed by atoms with van der Waals surface area (Å²) in [6.45, 7) is 4.25. The van der Waals surface area contributed by atoms with Crippen molar-refractivity contribution in [2.45, 2.75) is 58.4 Å². The van der Waals surface area contributed by atoms with Gasteiger partial charge in [0.25, 0.3) is 0 Å². The summed E-state index contributed by atoms with van der Waals surface area (Å²) in [5.41, 5.74) is 0.765. The Morgan fingerprint density at radius 1 is 1.04 bits per heavy atom. The fourth-order valence-electron chi connectivity index (χ4n) is 3.59. The summed E-state index contributed by atoms with van der Waals surface area (Å²) in [5, 5.41) is 0. The van der Waals surface area contributed by atoms with Gasteiger partial charge in [0, 0.05) is 5.69 Å². The molecule has 2 rings (SSSR count). The van der Waals surface area contributed by atoms with E-state index in [-0.39, 0.29) is 24.3 Å². The Morgan fingerprint density at radius 3 is 2.28 bits per heavy atom. The molecular weight excluding hydrogens is 318 g/mol. The van der Waals surface area contributed by atoms with Crippen LogP contribution in [0.15, 0.2) is 30.3 Å². The first-order chi connectivity index (χ1) is 12.2. The summed E-state index contributed by atoms with van der Waals surface area (Å²) < 4.78 is 10.5. The third-order valence-corrected chi connectivity index (χ3v) is 4.71. The minimum atomic E-state index is -0.395. The van der Waals surface area contributed by atoms with E-state index in [2.05, 4.69) is 0 Å². The quantitative estimate of drug-likeness (QED) is 0.679. The third-order valence-electron chi connectivity index (χ3n) is 4.71. The molecule has 0 spiro atoms. The van der Waals surface area contributed by atoms with Crippen molar-refractivity contribution in [2.75, 3.05) is 18.1 Å². The van der Waals surface area contributed by atoms with Gasteiger partial charge in [0.05, 0.1) is 25.7 Å². The highest BCUT2D eigenvalue weighted by Crippen LogP contribution is 2.33. The van der Waals surface area contributed by atoms with Gasteiger partial charge in [-0.25, -0.2) is 4.79 Å². The first-order valence-corrected chi connectivity index (χ1v) is 9.34. The molecule has 0 radical (unpaired) electrons. The van der Waals surface area contributed by atoms with Gasteiger partial charge in [-0.1, -0.05) is 37.5 Å². The van der Waals surface area contributed by atoms with Crippen LogP contribution >= 0.6 is 0 Å². The minimum absolute atomic E-state index is 0.201. The number of anilines is 1. The lowest BCUT2D eigenvalue weighted by Crippen LogP contribution is -2.47. The van der Waals surface area contributed by atoms with E-state index in [1.54, 1.807) is 18.7 Å². The molecule has 1 aliphatic carbocycles. The predicted molar refractivity (Wildman–Crippen MR) is 97.6 cm³/mol. The Morgan fingerprint density at radius 2 is 1.68 bits per heavy atom. The molecule has 138 valence electrons. The van der Waals surface area contributed by atoms with Crippen LogP contribution in [0.4, 0.5) is 10.5 Å². The van der Waals surface area contributed by atoms with Crippen LogP contribution in [-0.2, 0) is 14.3 Å². The van der Waals surface area contributed by atoms with E-state index in [0.29, 0.717) is 13.2 Å². The minimum Gasteiger partial charge on any atom is -0.466 e. The lowest BCUT2D eigenvalue weighted by Gasteiger charge is -2.37. The second-order valence-corrected chi connectivity index (χ2v) is 6.38. The molecule has 0 N–H and O–H groups in total. The van der Waals surface area contributed by atoms with Crippen LogP contribution < -0.4 is 4.90 Å². The van der Waals surface area contributed by atoms with Crippen molar-refractivity contribution in [1.82, 2.24) is 0 Å². The summed E-state index contributed by atoms with van der Waals surface area (Å²) in [6, 6.07) is 9.23. The molecule has 1 aromatic carbocycles. The van der Waals surface area contributed by atoms with E-state index in [1.807, 2.05) is 30.3 Å². The largest absolute Gasteiger partial charge is 0.466 e. The van der Waals surface area contributed by atoms with Crippen molar-refractivity contribution >= 4 is 17.7 Å². The van der Waals surface area contributed by atoms with E-state index < -0.39 is 6.09 Å². The number of esters is 1. The van der Waals surface area contributed by atoms with E-state index in [1.165, 1.54) is 6.42 Å². The van der Waals surface area contributed by atoms with Gasteiger partial charge in [-0.15, -0.1) is 0 Å². The van der Waals surface area contributed by atoms with Crippen LogP contribution in [0.2, 0.25) is 0 Å². The van der Waals surface area contributed by atoms with Gasteiger partial charge in [0.15, 0.2) is 0 Å². The van der Waals surface area contributed by atoms with Crippen LogP contribution in [0.5, 0.6) is 0 Å². The molecule has 1 unspecified atom stereocenters. The fourth-order valence-corrected chi connectivity index (χ4v) is 3.59. The second-order valence-electron chi connectivity index (χ2n) is 6.38. The molecule has 0 heterocycles. The maximum Gasteiger partial charge on any atom is 0.414 e. The SMILES string of the molecule is CCOC(=O)CC(C1CCCCC1)N(C(=O)OCC)c1ccccc1. The van der Waals surface area contributed by atoms with Crippen molar-refractivity contribution in [3.05, 3.63) is 30.3 Å². The molecule has 1 saturated carbocycles. The average molecular weight is 347 g/mol. The van der Waals surface area contributed by atoms with Crippen molar-refractivity contribution in [3.8, 4) is 0 Å². The molecule has 1 fully saturated rings. The van der Waals surface area contributed by atoms with Crippen molar-refractivity contribution in [1.29, 1.82) is 0 Å². The summed E-state index contributed by atoms with van der Waals surface area (Å²) in [4.78, 5) is 26.6. The summed E-state index contributed by atoms with van der Waals surface area (Å²) in [7, 11) is 0. The summed E-state index contributed by atoms with van der Waals surface area (Å²) in [6.07, 6.45) is 5.33. The molecule has 1 aromatic rings. The van der Waals surface area contributed by atoms with E-state index in [9.17, 15) is 9.59 Å². The molecule has 5 heteroatoms. The lowest BCUT2D eigenvalue weighted by atomic mass is 9.82. The van der Waals surface area contributed by atoms with Gasteiger partial charge >= 0.3 is 12.1 Å². The highest BCUT2D eigenvalue weighted by atomic mass is 16.6. The molecule has 1 aliphatic rings. The van der Waals surface area contributed by atoms with Gasteiger partial charge < -0.3 is 9.47 Å². The standard InChI is InChI=1S/C20H29NO4/c1-3-24-19(22)15-18(16-11-7-5-8-12-16)21(20(23)25-4-2)17-13-9-6-10-14-17/h6,9-10,13-14,16,18H,3-5,7-8,11-12,15H2,1-2H3. The average Bonchev–Trinajstić information content (AvgIpc) is 2.63. The predicted octanol–water partition coefficient (Wildman–Crippen LogP) is 4.55. The zero-order valence-corrected chi connectivity index (χ0v) is 15.3. The summed E-state index contributed by atoms with van der Waals surface area (Å²) in [5.74, 6) is 0.0195. The first kappa shape index (κ1) is 19.3. The van der Waals surface area contributed by atoms with Gasteiger partial charge in [-0.2, -0.15) is 0 Å². The zero-order valence-electron chi connectivity index (χ0n) is 15.3. The molecule has 1 amide bonds. The number of rotatable bonds is 7. The smallest absolute Gasteiger partial charge is 0.414 e. The van der Waals surface area contributed by atoms with E-state index in [4.69, 9.17) is 9.47 Å². The van der Waals surface area contributed by atoms with E-state index >= 15 is 0 Å². The summed E-state index contributed by atoms with van der Waals surface area (Å²) >= 11 is 0.